The smallest absolute Gasteiger partial charge is 0.404 e. The number of hydrogen-bond donors (Lipinski definition) is 2. The fourth-order valence-corrected chi connectivity index (χ4v) is 0.477. The molecular weight excluding hydrogens is 144 g/mol. The van der Waals surface area contributed by atoms with E-state index in [0.717, 1.165) is 11.1 Å². The summed E-state index contributed by atoms with van der Waals surface area (Å²) in [5, 5.41) is 0. The first-order valence-corrected chi connectivity index (χ1v) is 3.35. The molecule has 0 radical (unpaired) electrons. The second-order valence-corrected chi connectivity index (χ2v) is 2.37. The van der Waals surface area contributed by atoms with Crippen LogP contribution < -0.4 is 11.5 Å². The van der Waals surface area contributed by atoms with Gasteiger partial charge in [-0.3, -0.25) is 0 Å². The average Bonchev–Trinajstić information content (AvgIpc) is 1.98. The highest BCUT2D eigenvalue weighted by Gasteiger charge is 1.97. The van der Waals surface area contributed by atoms with Gasteiger partial charge in [-0.15, -0.1) is 0 Å². The highest BCUT2D eigenvalue weighted by atomic mass is 16.5. The van der Waals surface area contributed by atoms with E-state index in [9.17, 15) is 4.79 Å². The number of amides is 1. The van der Waals surface area contributed by atoms with Crippen LogP contribution in [0.2, 0.25) is 0 Å². The second-order valence-electron chi connectivity index (χ2n) is 2.37. The molecule has 0 fully saturated rings. The van der Waals surface area contributed by atoms with Crippen molar-refractivity contribution in [3.05, 3.63) is 11.1 Å². The Morgan fingerprint density at radius 2 is 1.91 bits per heavy atom. The molecule has 0 atom stereocenters. The first-order chi connectivity index (χ1) is 5.07. The molecule has 0 unspecified atom stereocenters. The summed E-state index contributed by atoms with van der Waals surface area (Å²) >= 11 is 0. The Bertz CT molecular complexity index is 175. The summed E-state index contributed by atoms with van der Waals surface area (Å²) in [6.45, 7) is 4.46. The van der Waals surface area contributed by atoms with Crippen molar-refractivity contribution in [3.8, 4) is 0 Å². The molecule has 0 rings (SSSR count). The molecule has 1 amide bonds. The zero-order chi connectivity index (χ0) is 8.85. The Hall–Kier alpha value is -1.03. The van der Waals surface area contributed by atoms with Gasteiger partial charge in [0.15, 0.2) is 0 Å². The van der Waals surface area contributed by atoms with E-state index in [-0.39, 0.29) is 6.61 Å². The van der Waals surface area contributed by atoms with Gasteiger partial charge in [-0.05, 0) is 19.4 Å². The van der Waals surface area contributed by atoms with Crippen molar-refractivity contribution in [1.29, 1.82) is 0 Å². The number of carbonyl (C=O) groups excluding carboxylic acids is 1. The minimum absolute atomic E-state index is 0.234. The van der Waals surface area contributed by atoms with Gasteiger partial charge >= 0.3 is 6.09 Å². The predicted octanol–water partition coefficient (Wildman–Crippen LogP) is 0.377. The minimum Gasteiger partial charge on any atom is -0.445 e. The molecule has 0 aliphatic rings. The standard InChI is InChI=1S/C7H14N2O2/c1-5(3-8)6(2)4-11-7(9)10/h3-4,8H2,1-2H3,(H2,9,10). The maximum atomic E-state index is 10.2. The lowest BCUT2D eigenvalue weighted by Crippen LogP contribution is -2.15. The summed E-state index contributed by atoms with van der Waals surface area (Å²) < 4.78 is 4.55. The van der Waals surface area contributed by atoms with E-state index in [1.54, 1.807) is 0 Å². The van der Waals surface area contributed by atoms with E-state index in [1.165, 1.54) is 0 Å². The Morgan fingerprint density at radius 1 is 1.36 bits per heavy atom. The summed E-state index contributed by atoms with van der Waals surface area (Å²) in [6, 6.07) is 0. The minimum atomic E-state index is -0.755. The van der Waals surface area contributed by atoms with Crippen LogP contribution in [0.3, 0.4) is 0 Å². The van der Waals surface area contributed by atoms with Crippen LogP contribution in [0.15, 0.2) is 11.1 Å². The van der Waals surface area contributed by atoms with Crippen molar-refractivity contribution in [3.63, 3.8) is 0 Å². The van der Waals surface area contributed by atoms with E-state index in [4.69, 9.17) is 11.5 Å². The zero-order valence-corrected chi connectivity index (χ0v) is 6.89. The first-order valence-electron chi connectivity index (χ1n) is 3.35. The number of hydrogen-bond acceptors (Lipinski definition) is 3. The Kier molecular flexibility index (Phi) is 4.29. The lowest BCUT2D eigenvalue weighted by molar-refractivity contribution is 0.166. The third kappa shape index (κ3) is 4.38. The highest BCUT2D eigenvalue weighted by Crippen LogP contribution is 2.01. The molecule has 0 aromatic rings. The van der Waals surface area contributed by atoms with Crippen LogP contribution in [0.1, 0.15) is 13.8 Å². The molecule has 4 nitrogen and oxygen atoms in total. The van der Waals surface area contributed by atoms with Crippen molar-refractivity contribution in [2.75, 3.05) is 13.2 Å². The van der Waals surface area contributed by atoms with Crippen LogP contribution in [0.5, 0.6) is 0 Å². The SMILES string of the molecule is CC(CN)=C(C)COC(N)=O. The van der Waals surface area contributed by atoms with E-state index in [2.05, 4.69) is 4.74 Å². The van der Waals surface area contributed by atoms with Crippen molar-refractivity contribution < 1.29 is 9.53 Å². The second kappa shape index (κ2) is 4.73. The Labute approximate surface area is 66.2 Å². The normalized spacial score (nSPS) is 12.3. The van der Waals surface area contributed by atoms with Gasteiger partial charge in [0.2, 0.25) is 0 Å². The predicted molar refractivity (Wildman–Crippen MR) is 43.0 cm³/mol. The van der Waals surface area contributed by atoms with Gasteiger partial charge in [-0.25, -0.2) is 4.79 Å². The topological polar surface area (TPSA) is 78.3 Å². The Balaban J connectivity index is 3.85. The molecule has 0 saturated carbocycles. The fraction of sp³-hybridized carbons (Fsp3) is 0.571. The quantitative estimate of drug-likeness (QED) is 0.583. The lowest BCUT2D eigenvalue weighted by atomic mass is 10.2. The van der Waals surface area contributed by atoms with Gasteiger partial charge in [-0.1, -0.05) is 5.57 Å². The molecule has 0 saturated heterocycles. The van der Waals surface area contributed by atoms with E-state index in [0.29, 0.717) is 6.54 Å². The number of primary amides is 1. The number of carbonyl (C=O) groups is 1. The number of rotatable bonds is 3. The van der Waals surface area contributed by atoms with E-state index >= 15 is 0 Å². The van der Waals surface area contributed by atoms with E-state index < -0.39 is 6.09 Å². The van der Waals surface area contributed by atoms with Gasteiger partial charge in [0.1, 0.15) is 6.61 Å². The van der Waals surface area contributed by atoms with Crippen LogP contribution in [-0.4, -0.2) is 19.2 Å². The number of nitrogens with two attached hydrogens (primary N) is 2. The van der Waals surface area contributed by atoms with Crippen molar-refractivity contribution in [2.24, 2.45) is 11.5 Å². The molecule has 4 N–H and O–H groups in total. The van der Waals surface area contributed by atoms with Crippen LogP contribution in [0, 0.1) is 0 Å². The van der Waals surface area contributed by atoms with Gasteiger partial charge in [0.05, 0.1) is 0 Å². The van der Waals surface area contributed by atoms with Gasteiger partial charge < -0.3 is 16.2 Å². The molecule has 0 bridgehead atoms. The number of ether oxygens (including phenoxy) is 1. The van der Waals surface area contributed by atoms with Crippen LogP contribution in [0.25, 0.3) is 0 Å². The highest BCUT2D eigenvalue weighted by molar-refractivity contribution is 5.64. The average molecular weight is 158 g/mol. The van der Waals surface area contributed by atoms with Crippen LogP contribution in [0.4, 0.5) is 4.79 Å². The lowest BCUT2D eigenvalue weighted by Gasteiger charge is -2.04. The molecule has 0 aromatic carbocycles. The maximum absolute atomic E-state index is 10.2. The molecule has 0 aliphatic carbocycles. The monoisotopic (exact) mass is 158 g/mol. The van der Waals surface area contributed by atoms with Crippen LogP contribution >= 0.6 is 0 Å². The maximum Gasteiger partial charge on any atom is 0.404 e. The van der Waals surface area contributed by atoms with Crippen molar-refractivity contribution in [1.82, 2.24) is 0 Å². The third-order valence-corrected chi connectivity index (χ3v) is 1.47. The largest absolute Gasteiger partial charge is 0.445 e. The molecule has 11 heavy (non-hydrogen) atoms. The first kappa shape index (κ1) is 9.97. The fourth-order valence-electron chi connectivity index (χ4n) is 0.477. The van der Waals surface area contributed by atoms with Gasteiger partial charge in [0.25, 0.3) is 0 Å². The molecule has 0 aromatic heterocycles. The summed E-state index contributed by atoms with van der Waals surface area (Å²) in [7, 11) is 0. The Morgan fingerprint density at radius 3 is 2.27 bits per heavy atom. The summed E-state index contributed by atoms with van der Waals surface area (Å²) in [6.07, 6.45) is -0.755. The third-order valence-electron chi connectivity index (χ3n) is 1.47. The van der Waals surface area contributed by atoms with E-state index in [1.807, 2.05) is 13.8 Å². The molecule has 64 valence electrons. The molecular formula is C7H14N2O2. The van der Waals surface area contributed by atoms with Crippen molar-refractivity contribution >= 4 is 6.09 Å². The molecule has 0 spiro atoms. The van der Waals surface area contributed by atoms with Gasteiger partial charge in [-0.2, -0.15) is 0 Å². The summed E-state index contributed by atoms with van der Waals surface area (Å²) in [5.41, 5.74) is 12.1. The van der Waals surface area contributed by atoms with Crippen molar-refractivity contribution in [2.45, 2.75) is 13.8 Å². The summed E-state index contributed by atoms with van der Waals surface area (Å²) in [5.74, 6) is 0. The molecule has 4 heteroatoms. The molecule has 0 aliphatic heterocycles. The van der Waals surface area contributed by atoms with Gasteiger partial charge in [0, 0.05) is 6.54 Å². The summed E-state index contributed by atoms with van der Waals surface area (Å²) in [4.78, 5) is 10.2. The van der Waals surface area contributed by atoms with Crippen LogP contribution in [-0.2, 0) is 4.74 Å². The zero-order valence-electron chi connectivity index (χ0n) is 6.89. The molecule has 0 heterocycles.